The molecule has 0 spiro atoms. The monoisotopic (exact) mass is 239 g/mol. The SMILES string of the molecule is C=CCNC(=O)CN[C@@H](C)c1ncc(C)s1. The third-order valence-electron chi connectivity index (χ3n) is 2.02. The van der Waals surface area contributed by atoms with Crippen molar-refractivity contribution in [3.8, 4) is 0 Å². The summed E-state index contributed by atoms with van der Waals surface area (Å²) < 4.78 is 0. The van der Waals surface area contributed by atoms with Crippen molar-refractivity contribution >= 4 is 17.2 Å². The molecule has 1 aromatic rings. The van der Waals surface area contributed by atoms with Crippen molar-refractivity contribution in [2.45, 2.75) is 19.9 Å². The van der Waals surface area contributed by atoms with Crippen molar-refractivity contribution < 1.29 is 4.79 Å². The Bertz CT molecular complexity index is 362. The molecule has 0 unspecified atom stereocenters. The fraction of sp³-hybridized carbons (Fsp3) is 0.455. The largest absolute Gasteiger partial charge is 0.352 e. The molecule has 0 radical (unpaired) electrons. The second-order valence-corrected chi connectivity index (χ2v) is 4.77. The molecule has 1 amide bonds. The van der Waals surface area contributed by atoms with Gasteiger partial charge in [-0.2, -0.15) is 0 Å². The molecule has 0 aromatic carbocycles. The van der Waals surface area contributed by atoms with Crippen LogP contribution in [0, 0.1) is 6.92 Å². The van der Waals surface area contributed by atoms with Gasteiger partial charge >= 0.3 is 0 Å². The van der Waals surface area contributed by atoms with E-state index in [1.54, 1.807) is 17.4 Å². The molecule has 1 rings (SSSR count). The van der Waals surface area contributed by atoms with Gasteiger partial charge in [-0.05, 0) is 13.8 Å². The molecule has 0 aliphatic rings. The zero-order valence-corrected chi connectivity index (χ0v) is 10.4. The van der Waals surface area contributed by atoms with Gasteiger partial charge in [0.2, 0.25) is 5.91 Å². The summed E-state index contributed by atoms with van der Waals surface area (Å²) in [5.74, 6) is -0.0278. The fourth-order valence-corrected chi connectivity index (χ4v) is 1.95. The Balaban J connectivity index is 2.32. The van der Waals surface area contributed by atoms with Crippen LogP contribution in [0.25, 0.3) is 0 Å². The molecule has 0 fully saturated rings. The average Bonchev–Trinajstić information content (AvgIpc) is 2.69. The van der Waals surface area contributed by atoms with E-state index in [9.17, 15) is 4.79 Å². The number of carbonyl (C=O) groups is 1. The molecule has 0 bridgehead atoms. The molecule has 0 saturated heterocycles. The summed E-state index contributed by atoms with van der Waals surface area (Å²) in [5, 5.41) is 6.84. The van der Waals surface area contributed by atoms with Gasteiger partial charge in [-0.15, -0.1) is 17.9 Å². The lowest BCUT2D eigenvalue weighted by atomic mass is 10.3. The number of hydrogen-bond donors (Lipinski definition) is 2. The molecule has 0 saturated carbocycles. The standard InChI is InChI=1S/C11H17N3OS/c1-4-5-12-10(15)7-13-9(3)11-14-6-8(2)16-11/h4,6,9,13H,1,5,7H2,2-3H3,(H,12,15)/t9-/m0/s1. The second-order valence-electron chi connectivity index (χ2n) is 3.50. The zero-order valence-electron chi connectivity index (χ0n) is 9.62. The van der Waals surface area contributed by atoms with Crippen LogP contribution in [0.3, 0.4) is 0 Å². The quantitative estimate of drug-likeness (QED) is 0.738. The summed E-state index contributed by atoms with van der Waals surface area (Å²) in [6.07, 6.45) is 3.50. The van der Waals surface area contributed by atoms with Crippen molar-refractivity contribution in [2.24, 2.45) is 0 Å². The van der Waals surface area contributed by atoms with Crippen LogP contribution in [0.1, 0.15) is 22.9 Å². The fourth-order valence-electron chi connectivity index (χ4n) is 1.15. The highest BCUT2D eigenvalue weighted by Crippen LogP contribution is 2.18. The third kappa shape index (κ3) is 4.12. The second kappa shape index (κ2) is 6.40. The molecular formula is C11H17N3OS. The first kappa shape index (κ1) is 12.9. The van der Waals surface area contributed by atoms with E-state index in [1.165, 1.54) is 4.88 Å². The van der Waals surface area contributed by atoms with Gasteiger partial charge in [-0.3, -0.25) is 10.1 Å². The number of thiazole rings is 1. The Labute approximate surface area is 99.8 Å². The van der Waals surface area contributed by atoms with E-state index >= 15 is 0 Å². The van der Waals surface area contributed by atoms with Gasteiger partial charge < -0.3 is 5.32 Å². The normalized spacial score (nSPS) is 12.1. The number of nitrogens with zero attached hydrogens (tertiary/aromatic N) is 1. The molecule has 1 atom stereocenters. The van der Waals surface area contributed by atoms with E-state index in [4.69, 9.17) is 0 Å². The van der Waals surface area contributed by atoms with E-state index in [0.717, 1.165) is 5.01 Å². The number of hydrogen-bond acceptors (Lipinski definition) is 4. The number of aryl methyl sites for hydroxylation is 1. The summed E-state index contributed by atoms with van der Waals surface area (Å²) in [4.78, 5) is 16.7. The maximum absolute atomic E-state index is 11.3. The lowest BCUT2D eigenvalue weighted by Crippen LogP contribution is -2.35. The lowest BCUT2D eigenvalue weighted by Gasteiger charge is -2.10. The van der Waals surface area contributed by atoms with Crippen LogP contribution in [0.5, 0.6) is 0 Å². The Hall–Kier alpha value is -1.20. The molecular weight excluding hydrogens is 222 g/mol. The van der Waals surface area contributed by atoms with Gasteiger partial charge in [0.15, 0.2) is 0 Å². The molecule has 0 aliphatic heterocycles. The van der Waals surface area contributed by atoms with Crippen LogP contribution >= 0.6 is 11.3 Å². The van der Waals surface area contributed by atoms with Gasteiger partial charge in [0.25, 0.3) is 0 Å². The highest BCUT2D eigenvalue weighted by atomic mass is 32.1. The zero-order chi connectivity index (χ0) is 12.0. The maximum atomic E-state index is 11.3. The van der Waals surface area contributed by atoms with E-state index in [0.29, 0.717) is 13.1 Å². The Kier molecular flexibility index (Phi) is 5.14. The van der Waals surface area contributed by atoms with Crippen molar-refractivity contribution in [1.29, 1.82) is 0 Å². The van der Waals surface area contributed by atoms with Gasteiger partial charge in [-0.1, -0.05) is 6.08 Å². The molecule has 0 aliphatic carbocycles. The molecule has 4 nitrogen and oxygen atoms in total. The number of carbonyl (C=O) groups excluding carboxylic acids is 1. The van der Waals surface area contributed by atoms with Crippen molar-refractivity contribution in [1.82, 2.24) is 15.6 Å². The van der Waals surface area contributed by atoms with Crippen LogP contribution in [0.15, 0.2) is 18.9 Å². The van der Waals surface area contributed by atoms with Crippen molar-refractivity contribution in [3.05, 3.63) is 28.7 Å². The van der Waals surface area contributed by atoms with Gasteiger partial charge in [0.1, 0.15) is 5.01 Å². The van der Waals surface area contributed by atoms with E-state index in [-0.39, 0.29) is 11.9 Å². The lowest BCUT2D eigenvalue weighted by molar-refractivity contribution is -0.120. The number of rotatable bonds is 6. The minimum absolute atomic E-state index is 0.0278. The smallest absolute Gasteiger partial charge is 0.234 e. The number of aromatic nitrogens is 1. The highest BCUT2D eigenvalue weighted by molar-refractivity contribution is 7.11. The van der Waals surface area contributed by atoms with Crippen LogP contribution < -0.4 is 10.6 Å². The molecule has 16 heavy (non-hydrogen) atoms. The van der Waals surface area contributed by atoms with Crippen LogP contribution in [-0.2, 0) is 4.79 Å². The predicted octanol–water partition coefficient (Wildman–Crippen LogP) is 1.40. The first-order valence-electron chi connectivity index (χ1n) is 5.16. The van der Waals surface area contributed by atoms with Gasteiger partial charge in [0, 0.05) is 17.6 Å². The molecule has 1 heterocycles. The van der Waals surface area contributed by atoms with Gasteiger partial charge in [-0.25, -0.2) is 4.98 Å². The summed E-state index contributed by atoms with van der Waals surface area (Å²) in [7, 11) is 0. The van der Waals surface area contributed by atoms with Crippen LogP contribution in [0.2, 0.25) is 0 Å². The average molecular weight is 239 g/mol. The Morgan fingerprint density at radius 1 is 1.75 bits per heavy atom. The Morgan fingerprint density at radius 3 is 3.06 bits per heavy atom. The summed E-state index contributed by atoms with van der Waals surface area (Å²) in [6.45, 7) is 8.36. The van der Waals surface area contributed by atoms with Crippen LogP contribution in [-0.4, -0.2) is 24.0 Å². The molecule has 1 aromatic heterocycles. The Morgan fingerprint density at radius 2 is 2.50 bits per heavy atom. The maximum Gasteiger partial charge on any atom is 0.234 e. The molecule has 5 heteroatoms. The van der Waals surface area contributed by atoms with Crippen molar-refractivity contribution in [3.63, 3.8) is 0 Å². The van der Waals surface area contributed by atoms with E-state index < -0.39 is 0 Å². The van der Waals surface area contributed by atoms with Gasteiger partial charge in [0.05, 0.1) is 12.6 Å². The third-order valence-corrected chi connectivity index (χ3v) is 3.12. The van der Waals surface area contributed by atoms with E-state index in [2.05, 4.69) is 22.2 Å². The topological polar surface area (TPSA) is 54.0 Å². The number of nitrogens with one attached hydrogen (secondary N) is 2. The van der Waals surface area contributed by atoms with E-state index in [1.807, 2.05) is 20.0 Å². The minimum atomic E-state index is -0.0278. The summed E-state index contributed by atoms with van der Waals surface area (Å²) >= 11 is 1.64. The molecule has 88 valence electrons. The predicted molar refractivity (Wildman–Crippen MR) is 66.5 cm³/mol. The molecule has 2 N–H and O–H groups in total. The minimum Gasteiger partial charge on any atom is -0.352 e. The number of amides is 1. The van der Waals surface area contributed by atoms with Crippen molar-refractivity contribution in [2.75, 3.05) is 13.1 Å². The summed E-state index contributed by atoms with van der Waals surface area (Å²) in [6, 6.07) is 0.105. The highest BCUT2D eigenvalue weighted by Gasteiger charge is 2.10. The van der Waals surface area contributed by atoms with Crippen LogP contribution in [0.4, 0.5) is 0 Å². The summed E-state index contributed by atoms with van der Waals surface area (Å²) in [5.41, 5.74) is 0. The first-order chi connectivity index (χ1) is 7.63. The first-order valence-corrected chi connectivity index (χ1v) is 5.98.